The Labute approximate surface area is 168 Å². The number of hydrogen-bond donors (Lipinski definition) is 1. The standard InChI is InChI=1S/C20H22ClN5O2/c1-25-10-8-22-19(25)18-16(14-4-6-15(21)7-5-14)13-26(24-18)11-9-23-20(27)17-3-2-12-28-17/h4-8,10,13,17H,2-3,9,11-12H2,1H3,(H,23,27)/t17-/m0/s1. The maximum atomic E-state index is 12.1. The Bertz CT molecular complexity index is 957. The highest BCUT2D eigenvalue weighted by Crippen LogP contribution is 2.30. The maximum absolute atomic E-state index is 12.1. The minimum Gasteiger partial charge on any atom is -0.368 e. The van der Waals surface area contributed by atoms with E-state index in [2.05, 4.69) is 10.3 Å². The minimum absolute atomic E-state index is 0.0492. The van der Waals surface area contributed by atoms with Gasteiger partial charge in [0.2, 0.25) is 5.91 Å². The molecule has 2 aromatic heterocycles. The Morgan fingerprint density at radius 1 is 1.36 bits per heavy atom. The molecule has 7 nitrogen and oxygen atoms in total. The van der Waals surface area contributed by atoms with Gasteiger partial charge in [-0.1, -0.05) is 23.7 Å². The zero-order chi connectivity index (χ0) is 19.5. The summed E-state index contributed by atoms with van der Waals surface area (Å²) in [6.07, 6.45) is 7.03. The molecule has 8 heteroatoms. The average Bonchev–Trinajstić information content (AvgIpc) is 3.43. The third-order valence-corrected chi connectivity index (χ3v) is 5.06. The Balaban J connectivity index is 1.54. The van der Waals surface area contributed by atoms with Crippen LogP contribution in [0.15, 0.2) is 42.9 Å². The summed E-state index contributed by atoms with van der Waals surface area (Å²) in [4.78, 5) is 16.5. The molecule has 0 saturated carbocycles. The first kappa shape index (κ1) is 18.7. The van der Waals surface area contributed by atoms with Crippen LogP contribution < -0.4 is 5.32 Å². The molecule has 1 aliphatic heterocycles. The number of aryl methyl sites for hydroxylation is 1. The van der Waals surface area contributed by atoms with Crippen LogP contribution in [0, 0.1) is 0 Å². The molecule has 3 heterocycles. The summed E-state index contributed by atoms with van der Waals surface area (Å²) in [5.74, 6) is 0.735. The Hall–Kier alpha value is -2.64. The van der Waals surface area contributed by atoms with Crippen molar-refractivity contribution in [3.8, 4) is 22.6 Å². The fourth-order valence-electron chi connectivity index (χ4n) is 3.33. The van der Waals surface area contributed by atoms with Gasteiger partial charge in [-0.05, 0) is 30.5 Å². The summed E-state index contributed by atoms with van der Waals surface area (Å²) in [5, 5.41) is 8.34. The van der Waals surface area contributed by atoms with Crippen LogP contribution in [-0.2, 0) is 23.1 Å². The molecular formula is C20H22ClN5O2. The van der Waals surface area contributed by atoms with Gasteiger partial charge in [-0.15, -0.1) is 0 Å². The lowest BCUT2D eigenvalue weighted by molar-refractivity contribution is -0.130. The molecule has 1 atom stereocenters. The van der Waals surface area contributed by atoms with E-state index in [0.29, 0.717) is 24.7 Å². The molecule has 3 aromatic rings. The molecule has 1 amide bonds. The Morgan fingerprint density at radius 3 is 2.86 bits per heavy atom. The van der Waals surface area contributed by atoms with Gasteiger partial charge in [0.05, 0.1) is 6.54 Å². The van der Waals surface area contributed by atoms with Gasteiger partial charge in [-0.3, -0.25) is 9.48 Å². The lowest BCUT2D eigenvalue weighted by atomic mass is 10.1. The highest BCUT2D eigenvalue weighted by Gasteiger charge is 2.23. The highest BCUT2D eigenvalue weighted by atomic mass is 35.5. The van der Waals surface area contributed by atoms with Crippen LogP contribution in [-0.4, -0.2) is 44.5 Å². The van der Waals surface area contributed by atoms with Crippen LogP contribution in [0.2, 0.25) is 5.02 Å². The summed E-state index contributed by atoms with van der Waals surface area (Å²) in [6, 6.07) is 7.65. The van der Waals surface area contributed by atoms with Crippen LogP contribution in [0.5, 0.6) is 0 Å². The molecule has 0 aliphatic carbocycles. The number of nitrogens with zero attached hydrogens (tertiary/aromatic N) is 4. The van der Waals surface area contributed by atoms with Crippen molar-refractivity contribution in [2.75, 3.05) is 13.2 Å². The topological polar surface area (TPSA) is 74.0 Å². The number of aromatic nitrogens is 4. The van der Waals surface area contributed by atoms with E-state index in [1.807, 2.05) is 53.0 Å². The molecule has 0 bridgehead atoms. The molecule has 0 spiro atoms. The van der Waals surface area contributed by atoms with Crippen LogP contribution in [0.1, 0.15) is 12.8 Å². The normalized spacial score (nSPS) is 16.4. The smallest absolute Gasteiger partial charge is 0.249 e. The van der Waals surface area contributed by atoms with E-state index < -0.39 is 0 Å². The van der Waals surface area contributed by atoms with Gasteiger partial charge in [-0.25, -0.2) is 4.98 Å². The number of imidazole rings is 1. The van der Waals surface area contributed by atoms with Gasteiger partial charge >= 0.3 is 0 Å². The number of carbonyl (C=O) groups is 1. The SMILES string of the molecule is Cn1ccnc1-c1nn(CCNC(=O)[C@@H]2CCCO2)cc1-c1ccc(Cl)cc1. The monoisotopic (exact) mass is 399 g/mol. The highest BCUT2D eigenvalue weighted by molar-refractivity contribution is 6.30. The second-order valence-electron chi connectivity index (χ2n) is 6.82. The lowest BCUT2D eigenvalue weighted by Crippen LogP contribution is -2.36. The molecular weight excluding hydrogens is 378 g/mol. The van der Waals surface area contributed by atoms with E-state index in [4.69, 9.17) is 21.4 Å². The summed E-state index contributed by atoms with van der Waals surface area (Å²) in [5.41, 5.74) is 2.77. The van der Waals surface area contributed by atoms with E-state index in [9.17, 15) is 4.79 Å². The van der Waals surface area contributed by atoms with Gasteiger partial charge in [0.15, 0.2) is 5.82 Å². The van der Waals surface area contributed by atoms with Crippen LogP contribution in [0.3, 0.4) is 0 Å². The lowest BCUT2D eigenvalue weighted by Gasteiger charge is -2.10. The molecule has 1 saturated heterocycles. The van der Waals surface area contributed by atoms with Crippen molar-refractivity contribution in [3.63, 3.8) is 0 Å². The first-order chi connectivity index (χ1) is 13.6. The zero-order valence-corrected chi connectivity index (χ0v) is 16.4. The average molecular weight is 400 g/mol. The van der Waals surface area contributed by atoms with Crippen LogP contribution in [0.25, 0.3) is 22.6 Å². The fourth-order valence-corrected chi connectivity index (χ4v) is 3.45. The predicted octanol–water partition coefficient (Wildman–Crippen LogP) is 2.90. The van der Waals surface area contributed by atoms with Gasteiger partial charge in [-0.2, -0.15) is 5.10 Å². The Morgan fingerprint density at radius 2 is 2.18 bits per heavy atom. The number of halogens is 1. The van der Waals surface area contributed by atoms with E-state index in [1.165, 1.54) is 0 Å². The second-order valence-corrected chi connectivity index (χ2v) is 7.25. The van der Waals surface area contributed by atoms with E-state index in [1.54, 1.807) is 6.20 Å². The van der Waals surface area contributed by atoms with E-state index in [-0.39, 0.29) is 12.0 Å². The number of hydrogen-bond acceptors (Lipinski definition) is 4. The van der Waals surface area contributed by atoms with Crippen molar-refractivity contribution < 1.29 is 9.53 Å². The van der Waals surface area contributed by atoms with Gasteiger partial charge in [0.1, 0.15) is 11.8 Å². The quantitative estimate of drug-likeness (QED) is 0.691. The first-order valence-electron chi connectivity index (χ1n) is 9.32. The summed E-state index contributed by atoms with van der Waals surface area (Å²) in [6.45, 7) is 1.71. The fraction of sp³-hybridized carbons (Fsp3) is 0.350. The predicted molar refractivity (Wildman–Crippen MR) is 107 cm³/mol. The number of rotatable bonds is 6. The summed E-state index contributed by atoms with van der Waals surface area (Å²) < 4.78 is 9.19. The maximum Gasteiger partial charge on any atom is 0.249 e. The Kier molecular flexibility index (Phi) is 5.45. The largest absolute Gasteiger partial charge is 0.368 e. The molecule has 1 aliphatic rings. The second kappa shape index (κ2) is 8.16. The molecule has 146 valence electrons. The van der Waals surface area contributed by atoms with Crippen molar-refractivity contribution in [2.24, 2.45) is 7.05 Å². The van der Waals surface area contributed by atoms with Gasteiger partial charge < -0.3 is 14.6 Å². The molecule has 0 radical (unpaired) electrons. The molecule has 28 heavy (non-hydrogen) atoms. The van der Waals surface area contributed by atoms with E-state index in [0.717, 1.165) is 35.5 Å². The molecule has 1 aromatic carbocycles. The molecule has 0 unspecified atom stereocenters. The number of carbonyl (C=O) groups excluding carboxylic acids is 1. The van der Waals surface area contributed by atoms with Crippen molar-refractivity contribution in [2.45, 2.75) is 25.5 Å². The van der Waals surface area contributed by atoms with E-state index >= 15 is 0 Å². The number of ether oxygens (including phenoxy) is 1. The third-order valence-electron chi connectivity index (χ3n) is 4.81. The van der Waals surface area contributed by atoms with Crippen molar-refractivity contribution in [3.05, 3.63) is 47.9 Å². The first-order valence-corrected chi connectivity index (χ1v) is 9.70. The van der Waals surface area contributed by atoms with Crippen molar-refractivity contribution in [1.29, 1.82) is 0 Å². The summed E-state index contributed by atoms with van der Waals surface area (Å²) >= 11 is 6.03. The van der Waals surface area contributed by atoms with Gasteiger partial charge in [0, 0.05) is 49.4 Å². The zero-order valence-electron chi connectivity index (χ0n) is 15.6. The number of amides is 1. The minimum atomic E-state index is -0.314. The van der Waals surface area contributed by atoms with Gasteiger partial charge in [0.25, 0.3) is 0 Å². The molecule has 1 N–H and O–H groups in total. The van der Waals surface area contributed by atoms with Crippen molar-refractivity contribution in [1.82, 2.24) is 24.6 Å². The number of nitrogens with one attached hydrogen (secondary N) is 1. The third kappa shape index (κ3) is 3.95. The van der Waals surface area contributed by atoms with Crippen molar-refractivity contribution >= 4 is 17.5 Å². The molecule has 4 rings (SSSR count). The van der Waals surface area contributed by atoms with Crippen LogP contribution >= 0.6 is 11.6 Å². The molecule has 1 fully saturated rings. The van der Waals surface area contributed by atoms with Crippen LogP contribution in [0.4, 0.5) is 0 Å². The number of benzene rings is 1. The summed E-state index contributed by atoms with van der Waals surface area (Å²) in [7, 11) is 1.94.